The molecule has 0 aliphatic carbocycles. The number of nitrogens with zero attached hydrogens (tertiary/aromatic N) is 1. The van der Waals surface area contributed by atoms with Gasteiger partial charge in [0.1, 0.15) is 5.84 Å². The van der Waals surface area contributed by atoms with Crippen molar-refractivity contribution in [1.82, 2.24) is 10.6 Å². The third-order valence-electron chi connectivity index (χ3n) is 10.5. The number of amidine groups is 1. The first kappa shape index (κ1) is 42.0. The topological polar surface area (TPSA) is 53.5 Å². The molecule has 0 saturated carbocycles. The number of nitrogens with one attached hydrogen (secondary N) is 2. The second-order valence-electron chi connectivity index (χ2n) is 14.6. The fraction of sp³-hybridized carbons (Fsp3) is 0.951. The van der Waals surface area contributed by atoms with Crippen molar-refractivity contribution in [3.63, 3.8) is 0 Å². The van der Waals surface area contributed by atoms with E-state index < -0.39 is 0 Å². The van der Waals surface area contributed by atoms with Gasteiger partial charge in [0, 0.05) is 24.9 Å². The van der Waals surface area contributed by atoms with Crippen molar-refractivity contribution in [3.05, 3.63) is 0 Å². The molecule has 2 N–H and O–H groups in total. The molecule has 1 atom stereocenters. The van der Waals surface area contributed by atoms with Gasteiger partial charge in [-0.3, -0.25) is 9.79 Å². The summed E-state index contributed by atoms with van der Waals surface area (Å²) in [7, 11) is 0. The van der Waals surface area contributed by atoms with E-state index in [0.717, 1.165) is 44.7 Å². The number of hydrogen-bond donors (Lipinski definition) is 2. The van der Waals surface area contributed by atoms with Crippen molar-refractivity contribution in [2.75, 3.05) is 19.6 Å². The molecule has 1 amide bonds. The van der Waals surface area contributed by atoms with Crippen LogP contribution in [0.25, 0.3) is 0 Å². The molecule has 0 aromatic carbocycles. The lowest BCUT2D eigenvalue weighted by Gasteiger charge is -2.33. The van der Waals surface area contributed by atoms with E-state index in [4.69, 9.17) is 4.99 Å². The van der Waals surface area contributed by atoms with Gasteiger partial charge in [0.25, 0.3) is 0 Å². The zero-order valence-corrected chi connectivity index (χ0v) is 31.1. The van der Waals surface area contributed by atoms with Crippen LogP contribution in [0.5, 0.6) is 0 Å². The highest BCUT2D eigenvalue weighted by Crippen LogP contribution is 2.31. The molecule has 1 rings (SSSR count). The summed E-state index contributed by atoms with van der Waals surface area (Å²) in [6.07, 6.45) is 42.7. The van der Waals surface area contributed by atoms with Crippen LogP contribution >= 0.6 is 0 Å². The average Bonchev–Trinajstić information content (AvgIpc) is 3.60. The van der Waals surface area contributed by atoms with Crippen LogP contribution in [0.4, 0.5) is 0 Å². The minimum atomic E-state index is -0.0155. The molecule has 45 heavy (non-hydrogen) atoms. The van der Waals surface area contributed by atoms with E-state index in [0.29, 0.717) is 6.42 Å². The normalized spacial score (nSPS) is 14.3. The fourth-order valence-electron chi connectivity index (χ4n) is 7.18. The lowest BCUT2D eigenvalue weighted by molar-refractivity contribution is -0.121. The molecule has 0 spiro atoms. The van der Waals surface area contributed by atoms with Crippen LogP contribution in [0.15, 0.2) is 4.99 Å². The molecule has 0 aromatic heterocycles. The van der Waals surface area contributed by atoms with Crippen molar-refractivity contribution in [3.8, 4) is 0 Å². The largest absolute Gasteiger partial charge is 0.371 e. The van der Waals surface area contributed by atoms with E-state index in [-0.39, 0.29) is 11.3 Å². The Balaban J connectivity index is 2.09. The van der Waals surface area contributed by atoms with Gasteiger partial charge in [-0.25, -0.2) is 0 Å². The first-order valence-corrected chi connectivity index (χ1v) is 20.7. The Morgan fingerprint density at radius 1 is 0.578 bits per heavy atom. The first-order valence-electron chi connectivity index (χ1n) is 20.7. The second-order valence-corrected chi connectivity index (χ2v) is 14.6. The zero-order chi connectivity index (χ0) is 32.5. The van der Waals surface area contributed by atoms with Gasteiger partial charge in [0.05, 0.1) is 6.54 Å². The van der Waals surface area contributed by atoms with Crippen LogP contribution in [0.3, 0.4) is 0 Å². The van der Waals surface area contributed by atoms with E-state index in [2.05, 4.69) is 31.4 Å². The first-order chi connectivity index (χ1) is 22.2. The molecule has 0 aromatic rings. The van der Waals surface area contributed by atoms with E-state index in [1.165, 1.54) is 180 Å². The van der Waals surface area contributed by atoms with Gasteiger partial charge in [0.15, 0.2) is 0 Å². The molecule has 266 valence electrons. The van der Waals surface area contributed by atoms with Crippen LogP contribution in [0.2, 0.25) is 0 Å². The minimum absolute atomic E-state index is 0.0155. The number of rotatable bonds is 35. The molecule has 1 aliphatic heterocycles. The summed E-state index contributed by atoms with van der Waals surface area (Å²) < 4.78 is 0. The van der Waals surface area contributed by atoms with Crippen LogP contribution in [0, 0.1) is 5.41 Å². The fourth-order valence-corrected chi connectivity index (χ4v) is 7.18. The molecular weight excluding hydrogens is 550 g/mol. The smallest absolute Gasteiger partial charge is 0.220 e. The number of carbonyl (C=O) groups excluding carboxylic acids is 1. The molecule has 1 unspecified atom stereocenters. The Bertz CT molecular complexity index is 678. The highest BCUT2D eigenvalue weighted by atomic mass is 16.1. The molecule has 4 nitrogen and oxygen atoms in total. The zero-order valence-electron chi connectivity index (χ0n) is 31.1. The van der Waals surface area contributed by atoms with E-state index in [1.807, 2.05) is 0 Å². The SMILES string of the molecule is CCCCCCCCCCCCCCCCCC(=O)NCC(CC)(CCCCCCCCCCCCCCCC)C1=NCCN1. The molecule has 4 heteroatoms. The Labute approximate surface area is 282 Å². The summed E-state index contributed by atoms with van der Waals surface area (Å²) in [4.78, 5) is 17.6. The molecule has 0 saturated heterocycles. The third kappa shape index (κ3) is 23.8. The number of carbonyl (C=O) groups is 1. The van der Waals surface area contributed by atoms with Crippen molar-refractivity contribution in [2.45, 2.75) is 226 Å². The van der Waals surface area contributed by atoms with Gasteiger partial charge in [-0.15, -0.1) is 0 Å². The molecule has 0 bridgehead atoms. The summed E-state index contributed by atoms with van der Waals surface area (Å²) in [5.74, 6) is 1.40. The van der Waals surface area contributed by atoms with Crippen molar-refractivity contribution in [2.24, 2.45) is 10.4 Å². The second kappa shape index (κ2) is 31.5. The van der Waals surface area contributed by atoms with Gasteiger partial charge in [-0.2, -0.15) is 0 Å². The van der Waals surface area contributed by atoms with E-state index >= 15 is 0 Å². The van der Waals surface area contributed by atoms with Gasteiger partial charge in [-0.05, 0) is 19.3 Å². The Morgan fingerprint density at radius 3 is 1.31 bits per heavy atom. The highest BCUT2D eigenvalue weighted by Gasteiger charge is 2.35. The quantitative estimate of drug-likeness (QED) is 0.0684. The summed E-state index contributed by atoms with van der Waals surface area (Å²) in [5.41, 5.74) is -0.0155. The maximum Gasteiger partial charge on any atom is 0.220 e. The lowest BCUT2D eigenvalue weighted by Crippen LogP contribution is -2.47. The van der Waals surface area contributed by atoms with Crippen molar-refractivity contribution >= 4 is 11.7 Å². The molecule has 0 fully saturated rings. The number of aliphatic imine (C=N–C) groups is 1. The van der Waals surface area contributed by atoms with Gasteiger partial charge in [0.2, 0.25) is 5.91 Å². The van der Waals surface area contributed by atoms with Gasteiger partial charge in [-0.1, -0.05) is 201 Å². The number of unbranched alkanes of at least 4 members (excludes halogenated alkanes) is 27. The standard InChI is InChI=1S/C41H81N3O/c1-4-7-9-11-13-15-17-19-21-22-24-26-28-30-32-34-39(45)44-38-41(6-3,40-42-36-37-43-40)35-33-31-29-27-25-23-20-18-16-14-12-10-8-5-2/h4-38H2,1-3H3,(H,42,43)(H,44,45). The third-order valence-corrected chi connectivity index (χ3v) is 10.5. The molecule has 0 radical (unpaired) electrons. The van der Waals surface area contributed by atoms with E-state index in [1.54, 1.807) is 0 Å². The number of amides is 1. The molecular formula is C41H81N3O. The molecule has 1 aliphatic rings. The number of hydrogen-bond acceptors (Lipinski definition) is 3. The maximum atomic E-state index is 12.8. The highest BCUT2D eigenvalue weighted by molar-refractivity contribution is 5.90. The monoisotopic (exact) mass is 632 g/mol. The average molecular weight is 632 g/mol. The maximum absolute atomic E-state index is 12.8. The summed E-state index contributed by atoms with van der Waals surface area (Å²) in [5, 5.41) is 6.91. The van der Waals surface area contributed by atoms with Crippen LogP contribution in [-0.2, 0) is 4.79 Å². The van der Waals surface area contributed by atoms with Crippen molar-refractivity contribution in [1.29, 1.82) is 0 Å². The molecule has 1 heterocycles. The Morgan fingerprint density at radius 2 is 0.956 bits per heavy atom. The lowest BCUT2D eigenvalue weighted by atomic mass is 9.78. The van der Waals surface area contributed by atoms with Crippen LogP contribution in [-0.4, -0.2) is 31.4 Å². The van der Waals surface area contributed by atoms with Crippen molar-refractivity contribution < 1.29 is 4.79 Å². The predicted molar refractivity (Wildman–Crippen MR) is 201 cm³/mol. The summed E-state index contributed by atoms with van der Waals surface area (Å²) in [6, 6.07) is 0. The predicted octanol–water partition coefficient (Wildman–Crippen LogP) is 12.6. The van der Waals surface area contributed by atoms with Gasteiger partial charge < -0.3 is 10.6 Å². The van der Waals surface area contributed by atoms with Crippen LogP contribution in [0.1, 0.15) is 226 Å². The minimum Gasteiger partial charge on any atom is -0.371 e. The van der Waals surface area contributed by atoms with Crippen LogP contribution < -0.4 is 10.6 Å². The van der Waals surface area contributed by atoms with E-state index in [9.17, 15) is 4.79 Å². The summed E-state index contributed by atoms with van der Waals surface area (Å²) >= 11 is 0. The Kier molecular flexibility index (Phi) is 29.4. The summed E-state index contributed by atoms with van der Waals surface area (Å²) in [6.45, 7) is 9.44. The Hall–Kier alpha value is -1.06. The van der Waals surface area contributed by atoms with Gasteiger partial charge >= 0.3 is 0 Å².